The van der Waals surface area contributed by atoms with Crippen LogP contribution in [0.25, 0.3) is 0 Å². The molecule has 1 aromatic carbocycles. The Morgan fingerprint density at radius 1 is 1.34 bits per heavy atom. The highest BCUT2D eigenvalue weighted by atomic mass is 32.2. The summed E-state index contributed by atoms with van der Waals surface area (Å²) in [5, 5.41) is 7.97. The molecule has 0 aliphatic carbocycles. The summed E-state index contributed by atoms with van der Waals surface area (Å²) in [5.74, 6) is 0.776. The molecule has 2 aromatic rings. The molecule has 1 aliphatic rings. The molecular weight excluding hydrogens is 432 g/mol. The second-order valence-electron chi connectivity index (χ2n) is 6.29. The minimum absolute atomic E-state index is 0.0332. The van der Waals surface area contributed by atoms with Crippen LogP contribution in [0.15, 0.2) is 40.1 Å². The molecule has 11 heteroatoms. The van der Waals surface area contributed by atoms with Gasteiger partial charge in [-0.15, -0.1) is 16.8 Å². The van der Waals surface area contributed by atoms with Crippen molar-refractivity contribution in [1.29, 1.82) is 0 Å². The lowest BCUT2D eigenvalue weighted by molar-refractivity contribution is 0.0720. The maximum Gasteiger partial charge on any atom is 0.263 e. The van der Waals surface area contributed by atoms with Gasteiger partial charge in [0.2, 0.25) is 5.13 Å². The molecule has 2 heterocycles. The molecule has 1 amide bonds. The molecule has 0 unspecified atom stereocenters. The van der Waals surface area contributed by atoms with E-state index in [-0.39, 0.29) is 21.5 Å². The summed E-state index contributed by atoms with van der Waals surface area (Å²) in [6.45, 7) is 4.95. The van der Waals surface area contributed by atoms with Gasteiger partial charge in [0.1, 0.15) is 5.75 Å². The summed E-state index contributed by atoms with van der Waals surface area (Å²) in [7, 11) is -2.47. The van der Waals surface area contributed by atoms with E-state index in [0.717, 1.165) is 30.6 Å². The van der Waals surface area contributed by atoms with Gasteiger partial charge in [-0.05, 0) is 37.5 Å². The first-order valence-electron chi connectivity index (χ1n) is 9.02. The fourth-order valence-electron chi connectivity index (χ4n) is 2.90. The molecule has 0 bridgehead atoms. The Morgan fingerprint density at radius 3 is 2.79 bits per heavy atom. The second-order valence-corrected chi connectivity index (χ2v) is 10.2. The lowest BCUT2D eigenvalue weighted by Gasteiger charge is -2.27. The van der Waals surface area contributed by atoms with Crippen LogP contribution in [0.1, 0.15) is 29.6 Å². The van der Waals surface area contributed by atoms with Crippen molar-refractivity contribution in [3.63, 3.8) is 0 Å². The maximum absolute atomic E-state index is 12.9. The molecule has 29 heavy (non-hydrogen) atoms. The van der Waals surface area contributed by atoms with Gasteiger partial charge >= 0.3 is 0 Å². The Bertz CT molecular complexity index is 985. The number of piperidine rings is 1. The molecule has 1 fully saturated rings. The Labute approximate surface area is 178 Å². The van der Waals surface area contributed by atoms with E-state index in [1.54, 1.807) is 11.0 Å². The van der Waals surface area contributed by atoms with Crippen molar-refractivity contribution in [3.05, 3.63) is 36.4 Å². The van der Waals surface area contributed by atoms with Crippen molar-refractivity contribution in [3.8, 4) is 5.75 Å². The van der Waals surface area contributed by atoms with E-state index in [1.165, 1.54) is 37.1 Å². The SMILES string of the molecule is C=CCSc1nnc(NS(=O)(=O)c2ccc(OC)c(C(=O)N3CCCCC3)c2)s1. The Hall–Kier alpha value is -2.11. The zero-order valence-electron chi connectivity index (χ0n) is 16.0. The standard InChI is InChI=1S/C18H22N4O4S3/c1-3-11-27-18-20-19-17(28-18)21-29(24,25)13-7-8-15(26-2)14(12-13)16(23)22-9-5-4-6-10-22/h3,7-8,12H,1,4-6,9-11H2,2H3,(H,19,21). The van der Waals surface area contributed by atoms with Crippen molar-refractivity contribution in [2.24, 2.45) is 0 Å². The first kappa shape index (κ1) is 21.6. The number of ether oxygens (including phenoxy) is 1. The number of hydrogen-bond donors (Lipinski definition) is 1. The van der Waals surface area contributed by atoms with Crippen molar-refractivity contribution in [2.75, 3.05) is 30.7 Å². The number of carbonyl (C=O) groups excluding carboxylic acids is 1. The number of anilines is 1. The fourth-order valence-corrected chi connectivity index (χ4v) is 5.67. The number of nitrogens with zero attached hydrogens (tertiary/aromatic N) is 3. The average molecular weight is 455 g/mol. The van der Waals surface area contributed by atoms with E-state index in [9.17, 15) is 13.2 Å². The molecule has 0 spiro atoms. The van der Waals surface area contributed by atoms with Gasteiger partial charge in [-0.2, -0.15) is 0 Å². The lowest BCUT2D eigenvalue weighted by Crippen LogP contribution is -2.35. The summed E-state index contributed by atoms with van der Waals surface area (Å²) < 4.78 is 34.0. The summed E-state index contributed by atoms with van der Waals surface area (Å²) in [6, 6.07) is 4.26. The topological polar surface area (TPSA) is 101 Å². The number of likely N-dealkylation sites (tertiary alicyclic amines) is 1. The number of thioether (sulfide) groups is 1. The molecule has 1 N–H and O–H groups in total. The van der Waals surface area contributed by atoms with Crippen LogP contribution >= 0.6 is 23.1 Å². The van der Waals surface area contributed by atoms with Crippen LogP contribution in [0.3, 0.4) is 0 Å². The fraction of sp³-hybridized carbons (Fsp3) is 0.389. The van der Waals surface area contributed by atoms with E-state index in [4.69, 9.17) is 4.74 Å². The van der Waals surface area contributed by atoms with E-state index in [2.05, 4.69) is 21.5 Å². The van der Waals surface area contributed by atoms with Crippen LogP contribution < -0.4 is 9.46 Å². The van der Waals surface area contributed by atoms with E-state index < -0.39 is 10.0 Å². The lowest BCUT2D eigenvalue weighted by atomic mass is 10.1. The third-order valence-electron chi connectivity index (χ3n) is 4.31. The van der Waals surface area contributed by atoms with E-state index >= 15 is 0 Å². The predicted octanol–water partition coefficient (Wildman–Crippen LogP) is 3.25. The molecular formula is C18H22N4O4S3. The van der Waals surface area contributed by atoms with Gasteiger partial charge in [-0.1, -0.05) is 29.2 Å². The number of benzene rings is 1. The number of aromatic nitrogens is 2. The molecule has 8 nitrogen and oxygen atoms in total. The zero-order valence-corrected chi connectivity index (χ0v) is 18.4. The van der Waals surface area contributed by atoms with E-state index in [0.29, 0.717) is 28.9 Å². The third kappa shape index (κ3) is 5.28. The predicted molar refractivity (Wildman–Crippen MR) is 114 cm³/mol. The molecule has 156 valence electrons. The maximum atomic E-state index is 12.9. The Morgan fingerprint density at radius 2 is 2.10 bits per heavy atom. The number of methoxy groups -OCH3 is 1. The van der Waals surface area contributed by atoms with Crippen LogP contribution in [-0.4, -0.2) is 55.4 Å². The minimum Gasteiger partial charge on any atom is -0.496 e. The van der Waals surface area contributed by atoms with Crippen molar-refractivity contribution in [2.45, 2.75) is 28.5 Å². The van der Waals surface area contributed by atoms with Crippen LogP contribution in [0.4, 0.5) is 5.13 Å². The van der Waals surface area contributed by atoms with Crippen LogP contribution in [0.5, 0.6) is 5.75 Å². The monoisotopic (exact) mass is 454 g/mol. The molecule has 0 radical (unpaired) electrons. The van der Waals surface area contributed by atoms with Gasteiger partial charge in [0, 0.05) is 18.8 Å². The van der Waals surface area contributed by atoms with Crippen molar-refractivity contribution in [1.82, 2.24) is 15.1 Å². The van der Waals surface area contributed by atoms with Crippen molar-refractivity contribution >= 4 is 44.2 Å². The third-order valence-corrected chi connectivity index (χ3v) is 7.74. The molecule has 1 aliphatic heterocycles. The van der Waals surface area contributed by atoms with Gasteiger partial charge < -0.3 is 9.64 Å². The molecule has 3 rings (SSSR count). The average Bonchev–Trinajstić information content (AvgIpc) is 3.18. The number of amides is 1. The zero-order chi connectivity index (χ0) is 20.9. The highest BCUT2D eigenvalue weighted by Gasteiger charge is 2.25. The number of nitrogens with one attached hydrogen (secondary N) is 1. The Kier molecular flexibility index (Phi) is 7.14. The second kappa shape index (κ2) is 9.59. The molecule has 0 saturated carbocycles. The van der Waals surface area contributed by atoms with Crippen molar-refractivity contribution < 1.29 is 17.9 Å². The number of carbonyl (C=O) groups is 1. The summed E-state index contributed by atoms with van der Waals surface area (Å²) in [6.07, 6.45) is 4.70. The Balaban J connectivity index is 1.84. The van der Waals surface area contributed by atoms with Gasteiger partial charge in [0.15, 0.2) is 4.34 Å². The van der Waals surface area contributed by atoms with Gasteiger partial charge in [0.25, 0.3) is 15.9 Å². The quantitative estimate of drug-likeness (QED) is 0.482. The number of hydrogen-bond acceptors (Lipinski definition) is 8. The van der Waals surface area contributed by atoms with E-state index in [1.807, 2.05) is 0 Å². The first-order valence-corrected chi connectivity index (χ1v) is 12.3. The highest BCUT2D eigenvalue weighted by Crippen LogP contribution is 2.29. The minimum atomic E-state index is -3.93. The molecule has 1 aromatic heterocycles. The van der Waals surface area contributed by atoms with Gasteiger partial charge in [0.05, 0.1) is 17.6 Å². The molecule has 0 atom stereocenters. The number of sulfonamides is 1. The summed E-state index contributed by atoms with van der Waals surface area (Å²) in [5.41, 5.74) is 0.233. The highest BCUT2D eigenvalue weighted by molar-refractivity contribution is 8.01. The first-order chi connectivity index (χ1) is 13.9. The summed E-state index contributed by atoms with van der Waals surface area (Å²) >= 11 is 2.55. The summed E-state index contributed by atoms with van der Waals surface area (Å²) in [4.78, 5) is 14.6. The van der Waals surface area contributed by atoms with Gasteiger partial charge in [-0.3, -0.25) is 9.52 Å². The molecule has 1 saturated heterocycles. The van der Waals surface area contributed by atoms with Crippen LogP contribution in [-0.2, 0) is 10.0 Å². The normalized spacial score (nSPS) is 14.4. The largest absolute Gasteiger partial charge is 0.496 e. The smallest absolute Gasteiger partial charge is 0.263 e. The number of rotatable bonds is 8. The van der Waals surface area contributed by atoms with Crippen LogP contribution in [0, 0.1) is 0 Å². The van der Waals surface area contributed by atoms with Gasteiger partial charge in [-0.25, -0.2) is 8.42 Å². The van der Waals surface area contributed by atoms with Crippen LogP contribution in [0.2, 0.25) is 0 Å².